The van der Waals surface area contributed by atoms with Crippen LogP contribution in [0.25, 0.3) is 6.08 Å². The number of nitrogens with zero attached hydrogens (tertiary/aromatic N) is 3. The Labute approximate surface area is 183 Å². The van der Waals surface area contributed by atoms with E-state index in [-0.39, 0.29) is 5.91 Å². The van der Waals surface area contributed by atoms with Gasteiger partial charge in [-0.15, -0.1) is 0 Å². The van der Waals surface area contributed by atoms with E-state index in [1.54, 1.807) is 25.4 Å². The van der Waals surface area contributed by atoms with Gasteiger partial charge in [0, 0.05) is 30.8 Å². The summed E-state index contributed by atoms with van der Waals surface area (Å²) in [4.78, 5) is 14.1. The molecule has 0 spiro atoms. The molecule has 1 N–H and O–H groups in total. The Morgan fingerprint density at radius 2 is 1.74 bits per heavy atom. The zero-order chi connectivity index (χ0) is 22.3. The fraction of sp³-hybridized carbons (Fsp3) is 0.217. The van der Waals surface area contributed by atoms with Crippen molar-refractivity contribution >= 4 is 22.0 Å². The maximum Gasteiger partial charge on any atom is 0.240 e. The topological polar surface area (TPSA) is 84.3 Å². The van der Waals surface area contributed by atoms with Gasteiger partial charge in [0.2, 0.25) is 15.9 Å². The molecule has 0 bridgehead atoms. The van der Waals surface area contributed by atoms with Crippen LogP contribution in [0.1, 0.15) is 23.6 Å². The summed E-state index contributed by atoms with van der Waals surface area (Å²) in [6.07, 6.45) is 5.09. The van der Waals surface area contributed by atoms with Crippen molar-refractivity contribution in [2.24, 2.45) is 0 Å². The molecule has 7 nitrogen and oxygen atoms in total. The molecule has 1 heterocycles. The maximum atomic E-state index is 12.6. The summed E-state index contributed by atoms with van der Waals surface area (Å²) in [6.45, 7) is 2.51. The van der Waals surface area contributed by atoms with E-state index < -0.39 is 16.1 Å². The number of carbonyl (C=O) groups excluding carboxylic acids is 1. The van der Waals surface area contributed by atoms with Crippen LogP contribution in [0.3, 0.4) is 0 Å². The minimum absolute atomic E-state index is 0.326. The lowest BCUT2D eigenvalue weighted by Crippen LogP contribution is -2.44. The van der Waals surface area contributed by atoms with Gasteiger partial charge in [0.05, 0.1) is 18.8 Å². The third-order valence-corrected chi connectivity index (χ3v) is 5.80. The highest BCUT2D eigenvalue weighted by Crippen LogP contribution is 2.08. The zero-order valence-corrected chi connectivity index (χ0v) is 18.4. The SMILES string of the molecule is CC(NS(=O)(=O)/C=C/c1ccccc1)C(=O)N(C)Cc1cnn(Cc2ccccc2)c1. The van der Waals surface area contributed by atoms with Crippen LogP contribution in [0.15, 0.2) is 78.5 Å². The Hall–Kier alpha value is -3.23. The second-order valence-electron chi connectivity index (χ2n) is 7.32. The molecule has 1 atom stereocenters. The standard InChI is InChI=1S/C23H26N4O3S/c1-19(25-31(29,30)14-13-20-9-5-3-6-10-20)23(28)26(2)16-22-15-24-27(18-22)17-21-11-7-4-8-12-21/h3-15,18-19,25H,16-17H2,1-2H3/b14-13+. The van der Waals surface area contributed by atoms with Crippen LogP contribution in [0.5, 0.6) is 0 Å². The van der Waals surface area contributed by atoms with E-state index in [9.17, 15) is 13.2 Å². The molecule has 8 heteroatoms. The summed E-state index contributed by atoms with van der Waals surface area (Å²) < 4.78 is 28.8. The van der Waals surface area contributed by atoms with Crippen molar-refractivity contribution in [1.82, 2.24) is 19.4 Å². The fourth-order valence-electron chi connectivity index (χ4n) is 3.10. The third-order valence-electron chi connectivity index (χ3n) is 4.62. The second kappa shape index (κ2) is 10.2. The summed E-state index contributed by atoms with van der Waals surface area (Å²) in [5.41, 5.74) is 2.76. The summed E-state index contributed by atoms with van der Waals surface area (Å²) in [5.74, 6) is -0.326. The van der Waals surface area contributed by atoms with Crippen LogP contribution in [0.2, 0.25) is 0 Å². The van der Waals surface area contributed by atoms with Crippen molar-refractivity contribution in [2.75, 3.05) is 7.05 Å². The molecule has 162 valence electrons. The Kier molecular flexibility index (Phi) is 7.38. The highest BCUT2D eigenvalue weighted by Gasteiger charge is 2.22. The van der Waals surface area contributed by atoms with Gasteiger partial charge in [0.25, 0.3) is 0 Å². The van der Waals surface area contributed by atoms with Gasteiger partial charge in [-0.05, 0) is 24.1 Å². The van der Waals surface area contributed by atoms with Crippen molar-refractivity contribution in [2.45, 2.75) is 26.1 Å². The number of sulfonamides is 1. The number of benzene rings is 2. The Morgan fingerprint density at radius 1 is 1.10 bits per heavy atom. The molecule has 3 rings (SSSR count). The predicted octanol–water partition coefficient (Wildman–Crippen LogP) is 2.87. The molecule has 31 heavy (non-hydrogen) atoms. The van der Waals surface area contributed by atoms with Crippen LogP contribution in [0.4, 0.5) is 0 Å². The number of nitrogens with one attached hydrogen (secondary N) is 1. The first-order valence-corrected chi connectivity index (χ1v) is 11.4. The molecule has 0 saturated heterocycles. The number of rotatable bonds is 9. The van der Waals surface area contributed by atoms with Gasteiger partial charge in [-0.2, -0.15) is 9.82 Å². The smallest absolute Gasteiger partial charge is 0.240 e. The first-order valence-electron chi connectivity index (χ1n) is 9.88. The van der Waals surface area contributed by atoms with Gasteiger partial charge in [-0.25, -0.2) is 8.42 Å². The summed E-state index contributed by atoms with van der Waals surface area (Å²) in [6, 6.07) is 18.2. The highest BCUT2D eigenvalue weighted by molar-refractivity contribution is 7.92. The van der Waals surface area contributed by atoms with Crippen LogP contribution in [-0.4, -0.2) is 42.1 Å². The first-order chi connectivity index (χ1) is 14.8. The molecule has 1 aromatic heterocycles. The summed E-state index contributed by atoms with van der Waals surface area (Å²) >= 11 is 0. The minimum atomic E-state index is -3.76. The normalized spacial score (nSPS) is 12.7. The first kappa shape index (κ1) is 22.5. The molecular weight excluding hydrogens is 412 g/mol. The number of hydrogen-bond acceptors (Lipinski definition) is 4. The van der Waals surface area contributed by atoms with Crippen molar-refractivity contribution < 1.29 is 13.2 Å². The van der Waals surface area contributed by atoms with Crippen LogP contribution in [0, 0.1) is 0 Å². The van der Waals surface area contributed by atoms with E-state index in [0.717, 1.165) is 22.1 Å². The minimum Gasteiger partial charge on any atom is -0.340 e. The monoisotopic (exact) mass is 438 g/mol. The number of carbonyl (C=O) groups is 1. The number of likely N-dealkylation sites (N-methyl/N-ethyl adjacent to an activating group) is 1. The highest BCUT2D eigenvalue weighted by atomic mass is 32.2. The predicted molar refractivity (Wildman–Crippen MR) is 121 cm³/mol. The quantitative estimate of drug-likeness (QED) is 0.557. The molecule has 3 aromatic rings. The largest absolute Gasteiger partial charge is 0.340 e. The van der Waals surface area contributed by atoms with Crippen molar-refractivity contribution in [1.29, 1.82) is 0 Å². The van der Waals surface area contributed by atoms with E-state index in [4.69, 9.17) is 0 Å². The average Bonchev–Trinajstić information content (AvgIpc) is 3.19. The van der Waals surface area contributed by atoms with E-state index in [2.05, 4.69) is 9.82 Å². The molecule has 1 amide bonds. The fourth-order valence-corrected chi connectivity index (χ4v) is 4.10. The molecule has 0 fully saturated rings. The van der Waals surface area contributed by atoms with Gasteiger partial charge in [-0.3, -0.25) is 9.48 Å². The number of aromatic nitrogens is 2. The Bertz CT molecular complexity index is 1130. The van der Waals surface area contributed by atoms with E-state index in [1.165, 1.54) is 17.9 Å². The molecular formula is C23H26N4O3S. The number of hydrogen-bond donors (Lipinski definition) is 1. The van der Waals surface area contributed by atoms with Crippen LogP contribution in [-0.2, 0) is 27.9 Å². The summed E-state index contributed by atoms with van der Waals surface area (Å²) in [7, 11) is -2.12. The molecule has 0 saturated carbocycles. The summed E-state index contributed by atoms with van der Waals surface area (Å²) in [5, 5.41) is 5.41. The van der Waals surface area contributed by atoms with Gasteiger partial charge >= 0.3 is 0 Å². The zero-order valence-electron chi connectivity index (χ0n) is 17.5. The van der Waals surface area contributed by atoms with E-state index in [0.29, 0.717) is 13.1 Å². The molecule has 1 unspecified atom stereocenters. The molecule has 0 aliphatic heterocycles. The Morgan fingerprint density at radius 3 is 2.42 bits per heavy atom. The lowest BCUT2D eigenvalue weighted by molar-refractivity contribution is -0.131. The van der Waals surface area contributed by atoms with E-state index in [1.807, 2.05) is 59.4 Å². The molecule has 0 radical (unpaired) electrons. The van der Waals surface area contributed by atoms with Crippen LogP contribution >= 0.6 is 0 Å². The van der Waals surface area contributed by atoms with Gasteiger partial charge < -0.3 is 4.90 Å². The molecule has 0 aliphatic rings. The number of amides is 1. The van der Waals surface area contributed by atoms with Crippen molar-refractivity contribution in [3.8, 4) is 0 Å². The van der Waals surface area contributed by atoms with Crippen molar-refractivity contribution in [3.05, 3.63) is 95.2 Å². The van der Waals surface area contributed by atoms with E-state index >= 15 is 0 Å². The van der Waals surface area contributed by atoms with Gasteiger partial charge in [0.1, 0.15) is 0 Å². The third kappa shape index (κ3) is 6.91. The average molecular weight is 439 g/mol. The lowest BCUT2D eigenvalue weighted by Gasteiger charge is -2.21. The van der Waals surface area contributed by atoms with Crippen molar-refractivity contribution in [3.63, 3.8) is 0 Å². The molecule has 2 aromatic carbocycles. The van der Waals surface area contributed by atoms with Gasteiger partial charge in [-0.1, -0.05) is 60.7 Å². The second-order valence-corrected chi connectivity index (χ2v) is 8.92. The van der Waals surface area contributed by atoms with Gasteiger partial charge in [0.15, 0.2) is 0 Å². The Balaban J connectivity index is 1.55. The van der Waals surface area contributed by atoms with Crippen LogP contribution < -0.4 is 4.72 Å². The maximum absolute atomic E-state index is 12.6. The molecule has 0 aliphatic carbocycles. The lowest BCUT2D eigenvalue weighted by atomic mass is 10.2.